The summed E-state index contributed by atoms with van der Waals surface area (Å²) >= 11 is 0. The normalized spacial score (nSPS) is 19.3. The number of hydrogen-bond donors (Lipinski definition) is 3. The Balaban J connectivity index is 1.20. The first-order valence-corrected chi connectivity index (χ1v) is 12.4. The van der Waals surface area contributed by atoms with Gasteiger partial charge in [-0.15, -0.1) is 0 Å². The van der Waals surface area contributed by atoms with Crippen LogP contribution in [0.3, 0.4) is 0 Å². The van der Waals surface area contributed by atoms with E-state index in [0.29, 0.717) is 6.54 Å². The number of rotatable bonds is 7. The minimum Gasteiger partial charge on any atom is -0.508 e. The van der Waals surface area contributed by atoms with Crippen LogP contribution in [0.25, 0.3) is 16.7 Å². The number of benzene rings is 2. The Kier molecular flexibility index (Phi) is 7.18. The maximum atomic E-state index is 13.2. The molecule has 0 saturated carbocycles. The first-order chi connectivity index (χ1) is 18.0. The molecule has 3 N–H and O–H groups in total. The molecule has 2 heterocycles. The number of nitrogens with zero attached hydrogens (tertiary/aromatic N) is 2. The zero-order chi connectivity index (χ0) is 25.8. The van der Waals surface area contributed by atoms with Gasteiger partial charge in [0.15, 0.2) is 6.39 Å². The second kappa shape index (κ2) is 10.8. The molecule has 0 spiro atoms. The van der Waals surface area contributed by atoms with Crippen LogP contribution in [0, 0.1) is 0 Å². The lowest BCUT2D eigenvalue weighted by Crippen LogP contribution is -2.46. The minimum absolute atomic E-state index is 0.128. The highest BCUT2D eigenvalue weighted by Gasteiger charge is 2.38. The van der Waals surface area contributed by atoms with Crippen LogP contribution in [-0.2, 0) is 16.0 Å². The van der Waals surface area contributed by atoms with Gasteiger partial charge < -0.3 is 24.8 Å². The molecular formula is C29H29N3O5. The van der Waals surface area contributed by atoms with E-state index >= 15 is 0 Å². The second-order valence-electron chi connectivity index (χ2n) is 9.48. The molecule has 1 aromatic heterocycles. The van der Waals surface area contributed by atoms with Gasteiger partial charge in [-0.05, 0) is 47.2 Å². The van der Waals surface area contributed by atoms with E-state index < -0.39 is 12.1 Å². The standard InChI is InChI=1S/C29H29N3O5/c33-24-10-8-21(9-11-24)23-3-1-2-20(12-23)13-28(35)32-17-25(34)14-26(32)29(36)31-15-19-4-6-22(7-5-19)27-16-30-18-37-27/h1-4,6,8-12,16,18,25-26,33-34H,5,7,13-15,17H2,(H,31,36)/t25-,26+/m1/s1. The summed E-state index contributed by atoms with van der Waals surface area (Å²) in [4.78, 5) is 31.6. The number of phenols is 1. The number of carbonyl (C=O) groups is 2. The van der Waals surface area contributed by atoms with Crippen LogP contribution >= 0.6 is 0 Å². The van der Waals surface area contributed by atoms with E-state index in [0.717, 1.165) is 46.4 Å². The number of aromatic hydroxyl groups is 1. The topological polar surface area (TPSA) is 116 Å². The fourth-order valence-corrected chi connectivity index (χ4v) is 4.85. The number of phenolic OH excluding ortho intramolecular Hbond substituents is 1. The Bertz CT molecular complexity index is 1330. The van der Waals surface area contributed by atoms with Gasteiger partial charge in [0.1, 0.15) is 17.6 Å². The van der Waals surface area contributed by atoms with E-state index in [4.69, 9.17) is 4.42 Å². The van der Waals surface area contributed by atoms with Gasteiger partial charge in [0.25, 0.3) is 0 Å². The third kappa shape index (κ3) is 5.81. The minimum atomic E-state index is -0.732. The molecule has 2 aliphatic rings. The predicted molar refractivity (Wildman–Crippen MR) is 138 cm³/mol. The van der Waals surface area contributed by atoms with E-state index in [1.165, 1.54) is 11.3 Å². The van der Waals surface area contributed by atoms with E-state index in [1.54, 1.807) is 18.3 Å². The summed E-state index contributed by atoms with van der Waals surface area (Å²) < 4.78 is 5.35. The summed E-state index contributed by atoms with van der Waals surface area (Å²) in [6.07, 6.45) is 8.26. The zero-order valence-corrected chi connectivity index (χ0v) is 20.3. The number of hydrogen-bond acceptors (Lipinski definition) is 6. The molecule has 0 radical (unpaired) electrons. The number of amides is 2. The molecular weight excluding hydrogens is 470 g/mol. The molecule has 2 amide bonds. The average Bonchev–Trinajstić information content (AvgIpc) is 3.58. The lowest BCUT2D eigenvalue weighted by molar-refractivity contribution is -0.137. The van der Waals surface area contributed by atoms with Gasteiger partial charge >= 0.3 is 0 Å². The number of aliphatic hydroxyl groups excluding tert-OH is 1. The molecule has 1 fully saturated rings. The number of allylic oxidation sites excluding steroid dienone is 3. The summed E-state index contributed by atoms with van der Waals surface area (Å²) in [5.74, 6) is 0.492. The number of oxazole rings is 1. The van der Waals surface area contributed by atoms with Crippen molar-refractivity contribution >= 4 is 17.4 Å². The maximum absolute atomic E-state index is 13.2. The molecule has 190 valence electrons. The Morgan fingerprint density at radius 3 is 2.65 bits per heavy atom. The maximum Gasteiger partial charge on any atom is 0.243 e. The van der Waals surface area contributed by atoms with Crippen LogP contribution in [0.15, 0.2) is 83.3 Å². The number of nitrogens with one attached hydrogen (secondary N) is 1. The van der Waals surface area contributed by atoms with Gasteiger partial charge in [-0.25, -0.2) is 4.98 Å². The van der Waals surface area contributed by atoms with Crippen molar-refractivity contribution in [2.75, 3.05) is 13.1 Å². The molecule has 2 aromatic carbocycles. The number of aromatic nitrogens is 1. The van der Waals surface area contributed by atoms with Crippen LogP contribution in [-0.4, -0.2) is 57.1 Å². The molecule has 8 heteroatoms. The molecule has 1 aliphatic carbocycles. The average molecular weight is 500 g/mol. The Morgan fingerprint density at radius 2 is 1.92 bits per heavy atom. The van der Waals surface area contributed by atoms with E-state index in [2.05, 4.69) is 10.3 Å². The van der Waals surface area contributed by atoms with Gasteiger partial charge in [-0.3, -0.25) is 9.59 Å². The molecule has 37 heavy (non-hydrogen) atoms. The first-order valence-electron chi connectivity index (χ1n) is 12.4. The van der Waals surface area contributed by atoms with E-state index in [9.17, 15) is 19.8 Å². The van der Waals surface area contributed by atoms with Crippen molar-refractivity contribution in [3.8, 4) is 16.9 Å². The quantitative estimate of drug-likeness (QED) is 0.459. The van der Waals surface area contributed by atoms with Crippen molar-refractivity contribution in [1.82, 2.24) is 15.2 Å². The van der Waals surface area contributed by atoms with Crippen molar-refractivity contribution in [2.45, 2.75) is 37.8 Å². The number of β-amino-alcohol motifs (C(OH)–C–C–N with tert-alkyl or cyclic N) is 1. The molecule has 8 nitrogen and oxygen atoms in total. The van der Waals surface area contributed by atoms with Crippen LogP contribution < -0.4 is 5.32 Å². The fourth-order valence-electron chi connectivity index (χ4n) is 4.85. The molecule has 1 saturated heterocycles. The highest BCUT2D eigenvalue weighted by Crippen LogP contribution is 2.27. The van der Waals surface area contributed by atoms with Gasteiger partial charge in [-0.1, -0.05) is 54.1 Å². The summed E-state index contributed by atoms with van der Waals surface area (Å²) in [5.41, 5.74) is 4.83. The van der Waals surface area contributed by atoms with Crippen LogP contribution in [0.1, 0.15) is 30.6 Å². The molecule has 0 unspecified atom stereocenters. The Morgan fingerprint density at radius 1 is 1.08 bits per heavy atom. The van der Waals surface area contributed by atoms with Gasteiger partial charge in [-0.2, -0.15) is 0 Å². The third-order valence-electron chi connectivity index (χ3n) is 6.86. The highest BCUT2D eigenvalue weighted by atomic mass is 16.3. The fraction of sp³-hybridized carbons (Fsp3) is 0.276. The van der Waals surface area contributed by atoms with Crippen molar-refractivity contribution < 1.29 is 24.2 Å². The summed E-state index contributed by atoms with van der Waals surface area (Å²) in [6, 6.07) is 13.8. The van der Waals surface area contributed by atoms with Crippen molar-refractivity contribution in [3.63, 3.8) is 0 Å². The summed E-state index contributed by atoms with van der Waals surface area (Å²) in [5, 5.41) is 22.7. The molecule has 2 atom stereocenters. The molecule has 1 aliphatic heterocycles. The SMILES string of the molecule is O=C(NCC1=CC=C(c2cnco2)CC1)[C@@H]1C[C@@H](O)CN1C(=O)Cc1cccc(-c2ccc(O)cc2)c1. The van der Waals surface area contributed by atoms with Crippen molar-refractivity contribution in [2.24, 2.45) is 0 Å². The summed E-state index contributed by atoms with van der Waals surface area (Å²) in [7, 11) is 0. The molecule has 5 rings (SSSR count). The van der Waals surface area contributed by atoms with Gasteiger partial charge in [0.05, 0.1) is 18.7 Å². The van der Waals surface area contributed by atoms with Crippen LogP contribution in [0.5, 0.6) is 5.75 Å². The number of likely N-dealkylation sites (tertiary alicyclic amines) is 1. The Hall–Kier alpha value is -4.17. The van der Waals surface area contributed by atoms with E-state index in [1.807, 2.05) is 48.6 Å². The lowest BCUT2D eigenvalue weighted by atomic mass is 9.97. The first kappa shape index (κ1) is 24.5. The van der Waals surface area contributed by atoms with Gasteiger partial charge in [0.2, 0.25) is 11.8 Å². The number of carbonyl (C=O) groups excluding carboxylic acids is 2. The van der Waals surface area contributed by atoms with E-state index in [-0.39, 0.29) is 37.0 Å². The smallest absolute Gasteiger partial charge is 0.243 e. The van der Waals surface area contributed by atoms with Crippen molar-refractivity contribution in [1.29, 1.82) is 0 Å². The van der Waals surface area contributed by atoms with Gasteiger partial charge in [0, 0.05) is 19.5 Å². The Labute approximate surface area is 214 Å². The van der Waals surface area contributed by atoms with Crippen LogP contribution in [0.2, 0.25) is 0 Å². The molecule has 0 bridgehead atoms. The van der Waals surface area contributed by atoms with Crippen molar-refractivity contribution in [3.05, 3.63) is 90.2 Å². The summed E-state index contributed by atoms with van der Waals surface area (Å²) in [6.45, 7) is 0.531. The largest absolute Gasteiger partial charge is 0.508 e. The second-order valence-corrected chi connectivity index (χ2v) is 9.48. The zero-order valence-electron chi connectivity index (χ0n) is 20.3. The van der Waals surface area contributed by atoms with Crippen LogP contribution in [0.4, 0.5) is 0 Å². The third-order valence-corrected chi connectivity index (χ3v) is 6.86. The number of aliphatic hydroxyl groups is 1. The highest BCUT2D eigenvalue weighted by molar-refractivity contribution is 5.89. The predicted octanol–water partition coefficient (Wildman–Crippen LogP) is 3.47. The lowest BCUT2D eigenvalue weighted by Gasteiger charge is -2.24. The monoisotopic (exact) mass is 499 g/mol. The molecule has 3 aromatic rings.